The average Bonchev–Trinajstić information content (AvgIpc) is 2.76. The molecule has 1 aromatic carbocycles. The number of nitrogens with zero attached hydrogens (tertiary/aromatic N) is 3. The zero-order valence-electron chi connectivity index (χ0n) is 9.88. The highest BCUT2D eigenvalue weighted by Gasteiger charge is 2.06. The summed E-state index contributed by atoms with van der Waals surface area (Å²) in [5, 5.41) is 4.46. The van der Waals surface area contributed by atoms with Gasteiger partial charge in [-0.25, -0.2) is 9.50 Å². The lowest BCUT2D eigenvalue weighted by atomic mass is 10.1. The zero-order valence-corrected chi connectivity index (χ0v) is 9.88. The van der Waals surface area contributed by atoms with Crippen molar-refractivity contribution in [1.29, 1.82) is 0 Å². The third-order valence-electron chi connectivity index (χ3n) is 3.01. The highest BCUT2D eigenvalue weighted by atomic mass is 15.3. The Hall–Kier alpha value is -2.16. The minimum Gasteiger partial charge on any atom is -0.221 e. The van der Waals surface area contributed by atoms with Crippen LogP contribution >= 0.6 is 0 Å². The van der Waals surface area contributed by atoms with Crippen molar-refractivity contribution in [2.75, 3.05) is 0 Å². The molecule has 0 radical (unpaired) electrons. The van der Waals surface area contributed by atoms with Gasteiger partial charge in [-0.1, -0.05) is 18.2 Å². The van der Waals surface area contributed by atoms with Gasteiger partial charge in [-0.05, 0) is 43.2 Å². The van der Waals surface area contributed by atoms with Gasteiger partial charge in [-0.2, -0.15) is 0 Å². The smallest absolute Gasteiger partial charge is 0.182 e. The number of aryl methyl sites for hydroxylation is 2. The van der Waals surface area contributed by atoms with Gasteiger partial charge in [0.05, 0.1) is 0 Å². The van der Waals surface area contributed by atoms with E-state index in [-0.39, 0.29) is 0 Å². The molecular formula is C14H13N3. The molecule has 3 heteroatoms. The summed E-state index contributed by atoms with van der Waals surface area (Å²) in [5.74, 6) is 0.777. The number of fused-ring (bicyclic) bond motifs is 1. The van der Waals surface area contributed by atoms with Crippen LogP contribution in [0.15, 0.2) is 42.6 Å². The molecule has 0 fully saturated rings. The third-order valence-corrected chi connectivity index (χ3v) is 3.01. The minimum atomic E-state index is 0.777. The molecule has 0 saturated heterocycles. The van der Waals surface area contributed by atoms with Crippen molar-refractivity contribution in [3.63, 3.8) is 0 Å². The van der Waals surface area contributed by atoms with Gasteiger partial charge >= 0.3 is 0 Å². The lowest BCUT2D eigenvalue weighted by Gasteiger charge is -2.00. The molecule has 3 aromatic rings. The molecular weight excluding hydrogens is 210 g/mol. The fourth-order valence-corrected chi connectivity index (χ4v) is 1.83. The van der Waals surface area contributed by atoms with Crippen LogP contribution in [-0.4, -0.2) is 14.6 Å². The summed E-state index contributed by atoms with van der Waals surface area (Å²) in [7, 11) is 0. The number of aromatic nitrogens is 3. The van der Waals surface area contributed by atoms with E-state index in [2.05, 4.69) is 42.1 Å². The Morgan fingerprint density at radius 1 is 1.00 bits per heavy atom. The van der Waals surface area contributed by atoms with Gasteiger partial charge in [-0.15, -0.1) is 5.10 Å². The summed E-state index contributed by atoms with van der Waals surface area (Å²) in [6.45, 7) is 4.21. The van der Waals surface area contributed by atoms with Gasteiger partial charge in [-0.3, -0.25) is 0 Å². The van der Waals surface area contributed by atoms with Crippen LogP contribution in [-0.2, 0) is 0 Å². The van der Waals surface area contributed by atoms with E-state index in [0.717, 1.165) is 17.0 Å². The van der Waals surface area contributed by atoms with Crippen LogP contribution in [0.25, 0.3) is 17.0 Å². The van der Waals surface area contributed by atoms with E-state index in [1.807, 2.05) is 24.4 Å². The second kappa shape index (κ2) is 3.70. The first-order valence-corrected chi connectivity index (χ1v) is 5.63. The summed E-state index contributed by atoms with van der Waals surface area (Å²) < 4.78 is 1.80. The second-order valence-electron chi connectivity index (χ2n) is 4.24. The lowest BCUT2D eigenvalue weighted by molar-refractivity contribution is 0.965. The molecule has 2 heterocycles. The monoisotopic (exact) mass is 223 g/mol. The molecule has 0 unspecified atom stereocenters. The maximum absolute atomic E-state index is 4.51. The predicted molar refractivity (Wildman–Crippen MR) is 67.9 cm³/mol. The Bertz CT molecular complexity index is 650. The van der Waals surface area contributed by atoms with Crippen LogP contribution < -0.4 is 0 Å². The quantitative estimate of drug-likeness (QED) is 0.634. The summed E-state index contributed by atoms with van der Waals surface area (Å²) >= 11 is 0. The van der Waals surface area contributed by atoms with Crippen LogP contribution in [0.4, 0.5) is 0 Å². The Morgan fingerprint density at radius 3 is 2.65 bits per heavy atom. The van der Waals surface area contributed by atoms with Crippen LogP contribution in [0.5, 0.6) is 0 Å². The molecule has 0 spiro atoms. The van der Waals surface area contributed by atoms with Crippen LogP contribution in [0, 0.1) is 13.8 Å². The molecule has 84 valence electrons. The van der Waals surface area contributed by atoms with E-state index in [4.69, 9.17) is 0 Å². The Kier molecular flexibility index (Phi) is 2.18. The Balaban J connectivity index is 2.17. The first-order chi connectivity index (χ1) is 8.24. The standard InChI is InChI=1S/C14H13N3/c1-10-6-7-12(9-11(10)2)14-15-13-5-3-4-8-17(13)16-14/h3-9H,1-2H3. The number of benzene rings is 1. The molecule has 3 rings (SSSR count). The third kappa shape index (κ3) is 1.69. The molecule has 0 atom stereocenters. The van der Waals surface area contributed by atoms with Gasteiger partial charge in [0.15, 0.2) is 11.5 Å². The fraction of sp³-hybridized carbons (Fsp3) is 0.143. The maximum atomic E-state index is 4.51. The molecule has 0 amide bonds. The van der Waals surface area contributed by atoms with Gasteiger partial charge < -0.3 is 0 Å². The number of pyridine rings is 1. The van der Waals surface area contributed by atoms with Crippen LogP contribution in [0.3, 0.4) is 0 Å². The zero-order chi connectivity index (χ0) is 11.8. The summed E-state index contributed by atoms with van der Waals surface area (Å²) in [5.41, 5.74) is 4.50. The van der Waals surface area contributed by atoms with Crippen molar-refractivity contribution in [3.8, 4) is 11.4 Å². The number of rotatable bonds is 1. The summed E-state index contributed by atoms with van der Waals surface area (Å²) in [6.07, 6.45) is 1.91. The first-order valence-electron chi connectivity index (χ1n) is 5.63. The fourth-order valence-electron chi connectivity index (χ4n) is 1.83. The molecule has 17 heavy (non-hydrogen) atoms. The van der Waals surface area contributed by atoms with Crippen molar-refractivity contribution in [2.45, 2.75) is 13.8 Å². The van der Waals surface area contributed by atoms with E-state index >= 15 is 0 Å². The molecule has 0 saturated carbocycles. The molecule has 2 aromatic heterocycles. The van der Waals surface area contributed by atoms with Crippen molar-refractivity contribution >= 4 is 5.65 Å². The van der Waals surface area contributed by atoms with Gasteiger partial charge in [0.1, 0.15) is 0 Å². The molecule has 3 nitrogen and oxygen atoms in total. The lowest BCUT2D eigenvalue weighted by Crippen LogP contribution is -1.87. The van der Waals surface area contributed by atoms with Crippen molar-refractivity contribution in [2.24, 2.45) is 0 Å². The van der Waals surface area contributed by atoms with Crippen LogP contribution in [0.2, 0.25) is 0 Å². The first kappa shape index (κ1) is 10.0. The summed E-state index contributed by atoms with van der Waals surface area (Å²) in [6, 6.07) is 12.2. The highest BCUT2D eigenvalue weighted by Crippen LogP contribution is 2.19. The maximum Gasteiger partial charge on any atom is 0.182 e. The molecule has 0 aliphatic rings. The summed E-state index contributed by atoms with van der Waals surface area (Å²) in [4.78, 5) is 4.51. The normalized spacial score (nSPS) is 10.9. The van der Waals surface area contributed by atoms with Crippen molar-refractivity contribution in [1.82, 2.24) is 14.6 Å². The number of hydrogen-bond acceptors (Lipinski definition) is 2. The average molecular weight is 223 g/mol. The van der Waals surface area contributed by atoms with Gasteiger partial charge in [0.25, 0.3) is 0 Å². The van der Waals surface area contributed by atoms with Crippen molar-refractivity contribution in [3.05, 3.63) is 53.7 Å². The van der Waals surface area contributed by atoms with E-state index in [9.17, 15) is 0 Å². The van der Waals surface area contributed by atoms with E-state index in [0.29, 0.717) is 0 Å². The molecule has 0 bridgehead atoms. The predicted octanol–water partition coefficient (Wildman–Crippen LogP) is 3.01. The van der Waals surface area contributed by atoms with Gasteiger partial charge in [0.2, 0.25) is 0 Å². The topological polar surface area (TPSA) is 30.2 Å². The molecule has 0 aliphatic carbocycles. The van der Waals surface area contributed by atoms with E-state index < -0.39 is 0 Å². The highest BCUT2D eigenvalue weighted by molar-refractivity contribution is 5.59. The Labute approximate surface area is 99.7 Å². The largest absolute Gasteiger partial charge is 0.221 e. The SMILES string of the molecule is Cc1ccc(-c2nc3ccccn3n2)cc1C. The molecule has 0 N–H and O–H groups in total. The molecule has 0 aliphatic heterocycles. The van der Waals surface area contributed by atoms with Crippen LogP contribution in [0.1, 0.15) is 11.1 Å². The number of hydrogen-bond donors (Lipinski definition) is 0. The van der Waals surface area contributed by atoms with Crippen molar-refractivity contribution < 1.29 is 0 Å². The van der Waals surface area contributed by atoms with E-state index in [1.54, 1.807) is 4.52 Å². The van der Waals surface area contributed by atoms with E-state index in [1.165, 1.54) is 11.1 Å². The second-order valence-corrected chi connectivity index (χ2v) is 4.24. The minimum absolute atomic E-state index is 0.777. The Morgan fingerprint density at radius 2 is 1.88 bits per heavy atom. The van der Waals surface area contributed by atoms with Gasteiger partial charge in [0, 0.05) is 11.8 Å².